The van der Waals surface area contributed by atoms with Crippen molar-refractivity contribution in [1.29, 1.82) is 0 Å². The average molecular weight is 255 g/mol. The minimum Gasteiger partial charge on any atom is -0.478 e. The van der Waals surface area contributed by atoms with Gasteiger partial charge in [0.05, 0.1) is 19.4 Å². The summed E-state index contributed by atoms with van der Waals surface area (Å²) in [7, 11) is 0. The van der Waals surface area contributed by atoms with Gasteiger partial charge in [-0.15, -0.1) is 0 Å². The Hall–Kier alpha value is -1.37. The van der Waals surface area contributed by atoms with Gasteiger partial charge < -0.3 is 24.7 Å². The molecule has 0 aromatic carbocycles. The van der Waals surface area contributed by atoms with E-state index >= 15 is 0 Å². The van der Waals surface area contributed by atoms with Crippen molar-refractivity contribution >= 4 is 5.97 Å². The maximum absolute atomic E-state index is 10.9. The van der Waals surface area contributed by atoms with Crippen molar-refractivity contribution in [2.75, 3.05) is 19.8 Å². The van der Waals surface area contributed by atoms with Crippen LogP contribution in [-0.4, -0.2) is 41.5 Å². The van der Waals surface area contributed by atoms with Crippen LogP contribution in [0.4, 0.5) is 0 Å². The molecular formula is C12H17NO5. The molecule has 1 aliphatic rings. The maximum atomic E-state index is 10.9. The molecule has 0 saturated carbocycles. The summed E-state index contributed by atoms with van der Waals surface area (Å²) in [6.07, 6.45) is 2.76. The summed E-state index contributed by atoms with van der Waals surface area (Å²) in [6, 6.07) is 1.43. The molecule has 1 fully saturated rings. The summed E-state index contributed by atoms with van der Waals surface area (Å²) >= 11 is 0. The third-order valence-corrected chi connectivity index (χ3v) is 3.35. The molecule has 6 heteroatoms. The van der Waals surface area contributed by atoms with Crippen molar-refractivity contribution in [3.63, 3.8) is 0 Å². The summed E-state index contributed by atoms with van der Waals surface area (Å²) < 4.78 is 10.4. The monoisotopic (exact) mass is 255 g/mol. The van der Waals surface area contributed by atoms with Crippen LogP contribution in [0.1, 0.15) is 29.0 Å². The second-order valence-electron chi connectivity index (χ2n) is 4.47. The normalized spacial score (nSPS) is 18.7. The van der Waals surface area contributed by atoms with Crippen LogP contribution in [-0.2, 0) is 11.3 Å². The molecule has 1 aliphatic heterocycles. The van der Waals surface area contributed by atoms with Gasteiger partial charge in [0.1, 0.15) is 11.3 Å². The fraction of sp³-hybridized carbons (Fsp3) is 0.583. The summed E-state index contributed by atoms with van der Waals surface area (Å²) in [5.74, 6) is -0.632. The number of hydrogen-bond acceptors (Lipinski definition) is 5. The molecule has 0 radical (unpaired) electrons. The number of aromatic carboxylic acids is 1. The smallest absolute Gasteiger partial charge is 0.339 e. The van der Waals surface area contributed by atoms with Gasteiger partial charge in [-0.1, -0.05) is 0 Å². The highest BCUT2D eigenvalue weighted by atomic mass is 16.5. The zero-order chi connectivity index (χ0) is 13.0. The van der Waals surface area contributed by atoms with E-state index in [2.05, 4.69) is 5.32 Å². The second-order valence-corrected chi connectivity index (χ2v) is 4.47. The van der Waals surface area contributed by atoms with Crippen molar-refractivity contribution in [2.24, 2.45) is 0 Å². The molecule has 0 unspecified atom stereocenters. The number of rotatable bonds is 5. The van der Waals surface area contributed by atoms with Gasteiger partial charge in [-0.05, 0) is 18.9 Å². The molecule has 1 aromatic rings. The van der Waals surface area contributed by atoms with Gasteiger partial charge in [0.25, 0.3) is 0 Å². The first kappa shape index (κ1) is 13.1. The van der Waals surface area contributed by atoms with Crippen LogP contribution in [0.5, 0.6) is 0 Å². The molecule has 2 heterocycles. The molecule has 0 aliphatic carbocycles. The first-order valence-electron chi connectivity index (χ1n) is 5.90. The SMILES string of the molecule is O=C(O)c1ccoc1CNC1(CO)CCOCC1. The van der Waals surface area contributed by atoms with E-state index < -0.39 is 11.5 Å². The molecule has 0 bridgehead atoms. The van der Waals surface area contributed by atoms with Crippen molar-refractivity contribution in [1.82, 2.24) is 5.32 Å². The Labute approximate surface area is 105 Å². The third kappa shape index (κ3) is 2.72. The molecule has 0 atom stereocenters. The van der Waals surface area contributed by atoms with Gasteiger partial charge in [0.2, 0.25) is 0 Å². The second kappa shape index (κ2) is 5.51. The number of ether oxygens (including phenoxy) is 1. The predicted molar refractivity (Wildman–Crippen MR) is 62.4 cm³/mol. The first-order valence-corrected chi connectivity index (χ1v) is 5.90. The third-order valence-electron chi connectivity index (χ3n) is 3.35. The molecule has 2 rings (SSSR count). The van der Waals surface area contributed by atoms with E-state index in [9.17, 15) is 9.90 Å². The van der Waals surface area contributed by atoms with Gasteiger partial charge in [-0.2, -0.15) is 0 Å². The predicted octanol–water partition coefficient (Wildman–Crippen LogP) is 0.609. The first-order chi connectivity index (χ1) is 8.67. The molecular weight excluding hydrogens is 238 g/mol. The van der Waals surface area contributed by atoms with Gasteiger partial charge in [0, 0.05) is 18.8 Å². The van der Waals surface area contributed by atoms with E-state index in [-0.39, 0.29) is 18.7 Å². The molecule has 18 heavy (non-hydrogen) atoms. The van der Waals surface area contributed by atoms with E-state index in [4.69, 9.17) is 14.3 Å². The fourth-order valence-corrected chi connectivity index (χ4v) is 2.09. The molecule has 100 valence electrons. The molecule has 1 saturated heterocycles. The van der Waals surface area contributed by atoms with E-state index in [0.29, 0.717) is 31.8 Å². The minimum atomic E-state index is -1.01. The van der Waals surface area contributed by atoms with Crippen LogP contribution in [0.2, 0.25) is 0 Å². The number of carboxylic acid groups (broad SMARTS) is 1. The lowest BCUT2D eigenvalue weighted by Gasteiger charge is -2.36. The number of carbonyl (C=O) groups is 1. The van der Waals surface area contributed by atoms with Gasteiger partial charge >= 0.3 is 5.97 Å². The van der Waals surface area contributed by atoms with Crippen LogP contribution in [0.25, 0.3) is 0 Å². The van der Waals surface area contributed by atoms with Crippen LogP contribution >= 0.6 is 0 Å². The highest BCUT2D eigenvalue weighted by molar-refractivity contribution is 5.88. The lowest BCUT2D eigenvalue weighted by molar-refractivity contribution is 0.0103. The van der Waals surface area contributed by atoms with E-state index in [1.54, 1.807) is 0 Å². The average Bonchev–Trinajstić information content (AvgIpc) is 2.86. The number of aliphatic hydroxyl groups excluding tert-OH is 1. The molecule has 0 amide bonds. The fourth-order valence-electron chi connectivity index (χ4n) is 2.09. The van der Waals surface area contributed by atoms with Crippen LogP contribution in [0.3, 0.4) is 0 Å². The zero-order valence-corrected chi connectivity index (χ0v) is 10.0. The Bertz CT molecular complexity index is 408. The summed E-state index contributed by atoms with van der Waals surface area (Å²) in [6.45, 7) is 1.48. The summed E-state index contributed by atoms with van der Waals surface area (Å²) in [4.78, 5) is 10.9. The van der Waals surface area contributed by atoms with E-state index in [1.165, 1.54) is 12.3 Å². The lowest BCUT2D eigenvalue weighted by Crippen LogP contribution is -2.51. The Morgan fingerprint density at radius 3 is 2.78 bits per heavy atom. The van der Waals surface area contributed by atoms with Crippen LogP contribution in [0.15, 0.2) is 16.7 Å². The Balaban J connectivity index is 2.01. The van der Waals surface area contributed by atoms with Crippen LogP contribution in [0, 0.1) is 0 Å². The highest BCUT2D eigenvalue weighted by Crippen LogP contribution is 2.21. The topological polar surface area (TPSA) is 91.9 Å². The lowest BCUT2D eigenvalue weighted by atomic mass is 9.91. The van der Waals surface area contributed by atoms with Crippen molar-refractivity contribution in [2.45, 2.75) is 24.9 Å². The van der Waals surface area contributed by atoms with Crippen molar-refractivity contribution < 1.29 is 24.2 Å². The van der Waals surface area contributed by atoms with Crippen molar-refractivity contribution in [3.05, 3.63) is 23.7 Å². The van der Waals surface area contributed by atoms with Crippen LogP contribution < -0.4 is 5.32 Å². The van der Waals surface area contributed by atoms with E-state index in [0.717, 1.165) is 0 Å². The largest absolute Gasteiger partial charge is 0.478 e. The molecule has 3 N–H and O–H groups in total. The molecule has 6 nitrogen and oxygen atoms in total. The minimum absolute atomic E-state index is 0.000522. The number of furan rings is 1. The van der Waals surface area contributed by atoms with Gasteiger partial charge in [0.15, 0.2) is 0 Å². The number of nitrogens with one attached hydrogen (secondary N) is 1. The zero-order valence-electron chi connectivity index (χ0n) is 10.0. The quantitative estimate of drug-likeness (QED) is 0.714. The Morgan fingerprint density at radius 1 is 1.44 bits per heavy atom. The number of hydrogen-bond donors (Lipinski definition) is 3. The van der Waals surface area contributed by atoms with Gasteiger partial charge in [-0.25, -0.2) is 4.79 Å². The number of carboxylic acids is 1. The van der Waals surface area contributed by atoms with Crippen molar-refractivity contribution in [3.8, 4) is 0 Å². The standard InChI is InChI=1S/C12H17NO5/c14-8-12(2-5-17-6-3-12)13-7-10-9(11(15)16)1-4-18-10/h1,4,13-14H,2-3,5-8H2,(H,15,16). The van der Waals surface area contributed by atoms with Gasteiger partial charge in [-0.3, -0.25) is 0 Å². The highest BCUT2D eigenvalue weighted by Gasteiger charge is 2.32. The molecule has 1 aromatic heterocycles. The Kier molecular flexibility index (Phi) is 4.00. The number of aliphatic hydroxyl groups is 1. The maximum Gasteiger partial charge on any atom is 0.339 e. The molecule has 0 spiro atoms. The summed E-state index contributed by atoms with van der Waals surface area (Å²) in [5, 5.41) is 21.6. The Morgan fingerprint density at radius 2 is 2.17 bits per heavy atom. The summed E-state index contributed by atoms with van der Waals surface area (Å²) in [5.41, 5.74) is -0.247. The van der Waals surface area contributed by atoms with E-state index in [1.807, 2.05) is 0 Å².